The van der Waals surface area contributed by atoms with Crippen molar-refractivity contribution in [1.82, 2.24) is 5.32 Å². The maximum atomic E-state index is 12.7. The van der Waals surface area contributed by atoms with Crippen molar-refractivity contribution in [3.63, 3.8) is 0 Å². The number of benzene rings is 2. The third-order valence-electron chi connectivity index (χ3n) is 4.07. The molecule has 0 aromatic heterocycles. The van der Waals surface area contributed by atoms with Gasteiger partial charge in [0.1, 0.15) is 6.04 Å². The lowest BCUT2D eigenvalue weighted by molar-refractivity contribution is -0.122. The fourth-order valence-corrected chi connectivity index (χ4v) is 4.93. The van der Waals surface area contributed by atoms with Crippen LogP contribution in [0.25, 0.3) is 0 Å². The summed E-state index contributed by atoms with van der Waals surface area (Å²) in [6.45, 7) is 2.28. The Bertz CT molecular complexity index is 859. The van der Waals surface area contributed by atoms with Crippen LogP contribution in [0, 0.1) is 0 Å². The molecule has 1 amide bonds. The second kappa shape index (κ2) is 10.7. The summed E-state index contributed by atoms with van der Waals surface area (Å²) in [5, 5.41) is 3.57. The monoisotopic (exact) mass is 440 g/mol. The summed E-state index contributed by atoms with van der Waals surface area (Å²) >= 11 is 7.57. The SMILES string of the molecule is CCC(C(=O)NCCSCc1ccc(Cl)cc1)N(c1ccccc1)S(C)(=O)=O. The zero-order valence-electron chi connectivity index (χ0n) is 16.0. The molecular weight excluding hydrogens is 416 g/mol. The molecule has 0 aliphatic heterocycles. The van der Waals surface area contributed by atoms with E-state index in [2.05, 4.69) is 5.32 Å². The van der Waals surface area contributed by atoms with Crippen LogP contribution in [0.5, 0.6) is 0 Å². The zero-order chi connectivity index (χ0) is 20.6. The predicted octanol–water partition coefficient (Wildman–Crippen LogP) is 3.93. The summed E-state index contributed by atoms with van der Waals surface area (Å²) in [7, 11) is -3.59. The number of rotatable bonds is 10. The molecule has 0 saturated heterocycles. The first kappa shape index (κ1) is 22.6. The molecule has 0 radical (unpaired) electrons. The minimum Gasteiger partial charge on any atom is -0.353 e. The highest BCUT2D eigenvalue weighted by molar-refractivity contribution is 7.98. The molecule has 8 heteroatoms. The summed E-state index contributed by atoms with van der Waals surface area (Å²) < 4.78 is 25.9. The molecule has 28 heavy (non-hydrogen) atoms. The number of nitrogens with zero attached hydrogens (tertiary/aromatic N) is 1. The van der Waals surface area contributed by atoms with E-state index in [1.165, 1.54) is 9.87 Å². The van der Waals surface area contributed by atoms with E-state index in [0.29, 0.717) is 23.7 Å². The quantitative estimate of drug-likeness (QED) is 0.568. The number of halogens is 1. The largest absolute Gasteiger partial charge is 0.353 e. The molecule has 1 N–H and O–H groups in total. The van der Waals surface area contributed by atoms with Gasteiger partial charge in [0.05, 0.1) is 11.9 Å². The van der Waals surface area contributed by atoms with Crippen LogP contribution in [0.4, 0.5) is 5.69 Å². The summed E-state index contributed by atoms with van der Waals surface area (Å²) in [6, 6.07) is 15.6. The van der Waals surface area contributed by atoms with Crippen LogP contribution in [-0.4, -0.2) is 38.9 Å². The van der Waals surface area contributed by atoms with Crippen molar-refractivity contribution in [3.8, 4) is 0 Å². The Morgan fingerprint density at radius 3 is 2.36 bits per heavy atom. The van der Waals surface area contributed by atoms with Gasteiger partial charge in [-0.15, -0.1) is 0 Å². The number of para-hydroxylation sites is 1. The van der Waals surface area contributed by atoms with Crippen LogP contribution in [-0.2, 0) is 20.6 Å². The van der Waals surface area contributed by atoms with E-state index in [4.69, 9.17) is 11.6 Å². The second-order valence-corrected chi connectivity index (χ2v) is 9.69. The van der Waals surface area contributed by atoms with Gasteiger partial charge in [-0.1, -0.05) is 48.9 Å². The first-order valence-corrected chi connectivity index (χ1v) is 12.4. The molecule has 1 unspecified atom stereocenters. The minimum atomic E-state index is -3.59. The van der Waals surface area contributed by atoms with E-state index in [-0.39, 0.29) is 5.91 Å². The van der Waals surface area contributed by atoms with Crippen molar-refractivity contribution in [2.24, 2.45) is 0 Å². The van der Waals surface area contributed by atoms with Gasteiger partial charge in [-0.25, -0.2) is 8.42 Å². The normalized spacial score (nSPS) is 12.4. The van der Waals surface area contributed by atoms with Gasteiger partial charge in [0.2, 0.25) is 15.9 Å². The van der Waals surface area contributed by atoms with Crippen molar-refractivity contribution in [2.75, 3.05) is 22.9 Å². The van der Waals surface area contributed by atoms with Gasteiger partial charge in [-0.05, 0) is 36.2 Å². The van der Waals surface area contributed by atoms with E-state index in [0.717, 1.165) is 17.8 Å². The fraction of sp³-hybridized carbons (Fsp3) is 0.350. The molecule has 1 atom stereocenters. The van der Waals surface area contributed by atoms with Gasteiger partial charge in [0, 0.05) is 23.1 Å². The average Bonchev–Trinajstić information content (AvgIpc) is 2.66. The molecule has 0 fully saturated rings. The first-order valence-electron chi connectivity index (χ1n) is 8.97. The van der Waals surface area contributed by atoms with E-state index >= 15 is 0 Å². The van der Waals surface area contributed by atoms with Crippen LogP contribution >= 0.6 is 23.4 Å². The number of anilines is 1. The molecule has 0 aliphatic rings. The molecule has 0 heterocycles. The molecular formula is C20H25ClN2O3S2. The van der Waals surface area contributed by atoms with Crippen molar-refractivity contribution < 1.29 is 13.2 Å². The third-order valence-corrected chi connectivity index (χ3v) is 6.53. The number of carbonyl (C=O) groups excluding carboxylic acids is 1. The number of hydrogen-bond acceptors (Lipinski definition) is 4. The number of nitrogens with one attached hydrogen (secondary N) is 1. The second-order valence-electron chi connectivity index (χ2n) is 6.29. The smallest absolute Gasteiger partial charge is 0.243 e. The summed E-state index contributed by atoms with van der Waals surface area (Å²) in [4.78, 5) is 12.7. The van der Waals surface area contributed by atoms with Gasteiger partial charge >= 0.3 is 0 Å². The van der Waals surface area contributed by atoms with Crippen molar-refractivity contribution in [2.45, 2.75) is 25.1 Å². The molecule has 0 saturated carbocycles. The Hall–Kier alpha value is -1.70. The highest BCUT2D eigenvalue weighted by Gasteiger charge is 2.31. The van der Waals surface area contributed by atoms with Gasteiger partial charge in [-0.3, -0.25) is 9.10 Å². The average molecular weight is 441 g/mol. The molecule has 2 aromatic carbocycles. The number of amides is 1. The highest BCUT2D eigenvalue weighted by atomic mass is 35.5. The first-order chi connectivity index (χ1) is 13.3. The van der Waals surface area contributed by atoms with Gasteiger partial charge in [0.15, 0.2) is 0 Å². The van der Waals surface area contributed by atoms with Crippen molar-refractivity contribution in [3.05, 3.63) is 65.2 Å². The molecule has 2 rings (SSSR count). The Morgan fingerprint density at radius 2 is 1.79 bits per heavy atom. The molecule has 0 aliphatic carbocycles. The lowest BCUT2D eigenvalue weighted by Crippen LogP contribution is -2.49. The fourth-order valence-electron chi connectivity index (χ4n) is 2.77. The Morgan fingerprint density at radius 1 is 1.14 bits per heavy atom. The number of sulfonamides is 1. The highest BCUT2D eigenvalue weighted by Crippen LogP contribution is 2.22. The van der Waals surface area contributed by atoms with Crippen molar-refractivity contribution in [1.29, 1.82) is 0 Å². The maximum Gasteiger partial charge on any atom is 0.243 e. The van der Waals surface area contributed by atoms with E-state index in [1.54, 1.807) is 43.0 Å². The van der Waals surface area contributed by atoms with Crippen LogP contribution in [0.2, 0.25) is 5.02 Å². The molecule has 5 nitrogen and oxygen atoms in total. The maximum absolute atomic E-state index is 12.7. The Balaban J connectivity index is 1.91. The topological polar surface area (TPSA) is 66.5 Å². The number of hydrogen-bond donors (Lipinski definition) is 1. The molecule has 0 bridgehead atoms. The summed E-state index contributed by atoms with van der Waals surface area (Å²) in [5.74, 6) is 1.27. The van der Waals surface area contributed by atoms with Gasteiger partial charge < -0.3 is 5.32 Å². The molecule has 2 aromatic rings. The van der Waals surface area contributed by atoms with Crippen LogP contribution in [0.3, 0.4) is 0 Å². The van der Waals surface area contributed by atoms with Crippen molar-refractivity contribution >= 4 is 45.0 Å². The van der Waals surface area contributed by atoms with E-state index in [9.17, 15) is 13.2 Å². The molecule has 0 spiro atoms. The van der Waals surface area contributed by atoms with E-state index < -0.39 is 16.1 Å². The lowest BCUT2D eigenvalue weighted by Gasteiger charge is -2.30. The van der Waals surface area contributed by atoms with Gasteiger partial charge in [-0.2, -0.15) is 11.8 Å². The van der Waals surface area contributed by atoms with Crippen LogP contribution in [0.1, 0.15) is 18.9 Å². The predicted molar refractivity (Wildman–Crippen MR) is 118 cm³/mol. The zero-order valence-corrected chi connectivity index (χ0v) is 18.4. The van der Waals surface area contributed by atoms with Gasteiger partial charge in [0.25, 0.3) is 0 Å². The minimum absolute atomic E-state index is 0.288. The molecule has 152 valence electrons. The lowest BCUT2D eigenvalue weighted by atomic mass is 10.2. The number of thioether (sulfide) groups is 1. The third kappa shape index (κ3) is 6.72. The summed E-state index contributed by atoms with van der Waals surface area (Å²) in [6.07, 6.45) is 1.50. The number of carbonyl (C=O) groups is 1. The standard InChI is InChI=1S/C20H25ClN2O3S2/c1-3-19(23(28(2,25)26)18-7-5-4-6-8-18)20(24)22-13-14-27-15-16-9-11-17(21)12-10-16/h4-12,19H,3,13-15H2,1-2H3,(H,22,24). The van der Waals surface area contributed by atoms with Crippen LogP contribution < -0.4 is 9.62 Å². The summed E-state index contributed by atoms with van der Waals surface area (Å²) in [5.41, 5.74) is 1.66. The Labute approximate surface area is 176 Å². The Kier molecular flexibility index (Phi) is 8.66. The van der Waals surface area contributed by atoms with Crippen LogP contribution in [0.15, 0.2) is 54.6 Å². The van der Waals surface area contributed by atoms with E-state index in [1.807, 2.05) is 30.3 Å².